The first-order chi connectivity index (χ1) is 13.9. The molecule has 2 N–H and O–H groups in total. The number of nitro benzene ring substituents is 1. The zero-order valence-corrected chi connectivity index (χ0v) is 17.8. The van der Waals surface area contributed by atoms with Gasteiger partial charge in [-0.05, 0) is 52.3 Å². The number of aliphatic hydroxyl groups excluding tert-OH is 2. The van der Waals surface area contributed by atoms with Crippen molar-refractivity contribution in [3.05, 3.63) is 51.6 Å². The number of hydrogen-bond acceptors (Lipinski definition) is 8. The first-order valence-corrected chi connectivity index (χ1v) is 9.71. The van der Waals surface area contributed by atoms with E-state index >= 15 is 0 Å². The number of aliphatic hydroxyl groups is 2. The van der Waals surface area contributed by atoms with E-state index in [4.69, 9.17) is 14.2 Å². The Balaban J connectivity index is 2.32. The Morgan fingerprint density at radius 3 is 2.50 bits per heavy atom. The van der Waals surface area contributed by atoms with Crippen LogP contribution in [0.1, 0.15) is 46.3 Å². The van der Waals surface area contributed by atoms with Crippen molar-refractivity contribution in [3.8, 4) is 0 Å². The summed E-state index contributed by atoms with van der Waals surface area (Å²) in [4.78, 5) is 22.8. The van der Waals surface area contributed by atoms with Crippen molar-refractivity contribution in [1.29, 1.82) is 0 Å². The van der Waals surface area contributed by atoms with Crippen LogP contribution in [0.25, 0.3) is 0 Å². The molecule has 30 heavy (non-hydrogen) atoms. The van der Waals surface area contributed by atoms with Crippen molar-refractivity contribution in [2.75, 3.05) is 6.61 Å². The van der Waals surface area contributed by atoms with E-state index in [1.165, 1.54) is 24.3 Å². The third-order valence-corrected chi connectivity index (χ3v) is 4.47. The van der Waals surface area contributed by atoms with Gasteiger partial charge in [-0.25, -0.2) is 0 Å². The maximum atomic E-state index is 12.1. The summed E-state index contributed by atoms with van der Waals surface area (Å²) < 4.78 is 16.6. The van der Waals surface area contributed by atoms with E-state index in [0.29, 0.717) is 0 Å². The summed E-state index contributed by atoms with van der Waals surface area (Å²) in [7, 11) is 0. The average Bonchev–Trinajstić information content (AvgIpc) is 2.66. The van der Waals surface area contributed by atoms with E-state index in [0.717, 1.165) is 0 Å². The summed E-state index contributed by atoms with van der Waals surface area (Å²) in [6.45, 7) is 8.39. The minimum absolute atomic E-state index is 0.0310. The molecule has 1 aliphatic rings. The third kappa shape index (κ3) is 5.85. The molecule has 0 saturated carbocycles. The van der Waals surface area contributed by atoms with Gasteiger partial charge in [0.15, 0.2) is 6.29 Å². The molecule has 2 rings (SSSR count). The second-order valence-corrected chi connectivity index (χ2v) is 8.41. The van der Waals surface area contributed by atoms with Crippen molar-refractivity contribution < 1.29 is 34.1 Å². The SMILES string of the molecule is CC(C)O[C@@H]1C=C([C@H](O)c2ccccc2[N+](=O)[O-])[C@H](O)[C@@H](COC(=O)C(C)(C)C)O1. The minimum Gasteiger partial charge on any atom is -0.462 e. The Kier molecular flexibility index (Phi) is 7.70. The molecule has 1 aliphatic heterocycles. The number of benzene rings is 1. The van der Waals surface area contributed by atoms with Crippen molar-refractivity contribution in [1.82, 2.24) is 0 Å². The highest BCUT2D eigenvalue weighted by Gasteiger charge is 2.38. The fourth-order valence-corrected chi connectivity index (χ4v) is 2.92. The highest BCUT2D eigenvalue weighted by atomic mass is 16.7. The summed E-state index contributed by atoms with van der Waals surface area (Å²) >= 11 is 0. The summed E-state index contributed by atoms with van der Waals surface area (Å²) in [5.74, 6) is -0.477. The molecule has 0 unspecified atom stereocenters. The normalized spacial score (nSPS) is 23.1. The van der Waals surface area contributed by atoms with Crippen molar-refractivity contribution in [2.45, 2.75) is 65.3 Å². The second-order valence-electron chi connectivity index (χ2n) is 8.41. The molecule has 0 amide bonds. The van der Waals surface area contributed by atoms with Crippen LogP contribution in [0.5, 0.6) is 0 Å². The topological polar surface area (TPSA) is 128 Å². The van der Waals surface area contributed by atoms with E-state index in [1.54, 1.807) is 40.7 Å². The van der Waals surface area contributed by atoms with Crippen LogP contribution < -0.4 is 0 Å². The highest BCUT2D eigenvalue weighted by molar-refractivity contribution is 5.75. The molecule has 0 aliphatic carbocycles. The van der Waals surface area contributed by atoms with E-state index in [1.807, 2.05) is 0 Å². The lowest BCUT2D eigenvalue weighted by atomic mass is 9.91. The van der Waals surface area contributed by atoms with Gasteiger partial charge in [-0.1, -0.05) is 12.1 Å². The lowest BCUT2D eigenvalue weighted by Gasteiger charge is -2.35. The molecule has 0 spiro atoms. The van der Waals surface area contributed by atoms with Crippen LogP contribution in [0.2, 0.25) is 0 Å². The van der Waals surface area contributed by atoms with Gasteiger partial charge in [-0.3, -0.25) is 14.9 Å². The maximum absolute atomic E-state index is 12.1. The molecular formula is C21H29NO8. The third-order valence-electron chi connectivity index (χ3n) is 4.47. The number of rotatable bonds is 7. The van der Waals surface area contributed by atoms with E-state index in [2.05, 4.69) is 0 Å². The van der Waals surface area contributed by atoms with Gasteiger partial charge in [-0.15, -0.1) is 0 Å². The molecule has 1 heterocycles. The number of nitrogens with zero attached hydrogens (tertiary/aromatic N) is 1. The largest absolute Gasteiger partial charge is 0.462 e. The Morgan fingerprint density at radius 1 is 1.30 bits per heavy atom. The van der Waals surface area contributed by atoms with Gasteiger partial charge in [-0.2, -0.15) is 0 Å². The van der Waals surface area contributed by atoms with Gasteiger partial charge in [0, 0.05) is 6.07 Å². The van der Waals surface area contributed by atoms with E-state index < -0.39 is 40.9 Å². The number of nitro groups is 1. The molecule has 1 aromatic rings. The van der Waals surface area contributed by atoms with Crippen LogP contribution in [0, 0.1) is 15.5 Å². The molecule has 4 atom stereocenters. The van der Waals surface area contributed by atoms with Crippen LogP contribution >= 0.6 is 0 Å². The van der Waals surface area contributed by atoms with Gasteiger partial charge in [0.2, 0.25) is 0 Å². The Labute approximate surface area is 175 Å². The summed E-state index contributed by atoms with van der Waals surface area (Å²) in [5, 5.41) is 33.0. The smallest absolute Gasteiger partial charge is 0.311 e. The number of para-hydroxylation sites is 1. The van der Waals surface area contributed by atoms with Gasteiger partial charge >= 0.3 is 5.97 Å². The Morgan fingerprint density at radius 2 is 1.93 bits per heavy atom. The van der Waals surface area contributed by atoms with Gasteiger partial charge in [0.25, 0.3) is 5.69 Å². The zero-order valence-electron chi connectivity index (χ0n) is 17.8. The molecular weight excluding hydrogens is 394 g/mol. The van der Waals surface area contributed by atoms with Crippen molar-refractivity contribution in [3.63, 3.8) is 0 Å². The second kappa shape index (κ2) is 9.65. The summed E-state index contributed by atoms with van der Waals surface area (Å²) in [5.41, 5.74) is -0.904. The number of hydrogen-bond donors (Lipinski definition) is 2. The first kappa shape index (κ1) is 23.9. The molecule has 1 aromatic carbocycles. The summed E-state index contributed by atoms with van der Waals surface area (Å²) in [6.07, 6.45) is -3.61. The van der Waals surface area contributed by atoms with E-state index in [-0.39, 0.29) is 29.5 Å². The van der Waals surface area contributed by atoms with Crippen molar-refractivity contribution >= 4 is 11.7 Å². The van der Waals surface area contributed by atoms with Gasteiger partial charge < -0.3 is 24.4 Å². The molecule has 0 bridgehead atoms. The predicted octanol–water partition coefficient (Wildman–Crippen LogP) is 2.65. The molecule has 9 nitrogen and oxygen atoms in total. The molecule has 9 heteroatoms. The predicted molar refractivity (Wildman–Crippen MR) is 107 cm³/mol. The van der Waals surface area contributed by atoms with Crippen LogP contribution in [0.4, 0.5) is 5.69 Å². The lowest BCUT2D eigenvalue weighted by Crippen LogP contribution is -2.45. The Bertz CT molecular complexity index is 798. The Hall–Kier alpha value is -2.33. The summed E-state index contributed by atoms with van der Waals surface area (Å²) in [6, 6.07) is 5.74. The molecule has 0 aromatic heterocycles. The monoisotopic (exact) mass is 423 g/mol. The minimum atomic E-state index is -1.47. The first-order valence-electron chi connectivity index (χ1n) is 9.71. The van der Waals surface area contributed by atoms with Crippen LogP contribution in [-0.2, 0) is 19.0 Å². The van der Waals surface area contributed by atoms with Gasteiger partial charge in [0.05, 0.1) is 22.0 Å². The fraction of sp³-hybridized carbons (Fsp3) is 0.571. The number of carbonyl (C=O) groups is 1. The molecule has 0 fully saturated rings. The molecule has 0 saturated heterocycles. The fourth-order valence-electron chi connectivity index (χ4n) is 2.92. The van der Waals surface area contributed by atoms with E-state index in [9.17, 15) is 25.1 Å². The molecule has 166 valence electrons. The highest BCUT2D eigenvalue weighted by Crippen LogP contribution is 2.35. The van der Waals surface area contributed by atoms with Crippen molar-refractivity contribution in [2.24, 2.45) is 5.41 Å². The quantitative estimate of drug-likeness (QED) is 0.296. The van der Waals surface area contributed by atoms with Crippen LogP contribution in [0.15, 0.2) is 35.9 Å². The van der Waals surface area contributed by atoms with Crippen LogP contribution in [0.3, 0.4) is 0 Å². The zero-order chi connectivity index (χ0) is 22.6. The lowest BCUT2D eigenvalue weighted by molar-refractivity contribution is -0.386. The molecule has 0 radical (unpaired) electrons. The maximum Gasteiger partial charge on any atom is 0.311 e. The number of esters is 1. The number of carbonyl (C=O) groups excluding carboxylic acids is 1. The number of ether oxygens (including phenoxy) is 3. The average molecular weight is 423 g/mol. The van der Waals surface area contributed by atoms with Crippen LogP contribution in [-0.4, -0.2) is 52.3 Å². The standard InChI is InChI=1S/C21H29NO8/c1-12(2)29-17-10-14(18(23)13-8-6-7-9-15(13)22(26)27)19(24)16(30-17)11-28-20(25)21(3,4)5/h6-10,12,16-19,23-24H,11H2,1-5H3/t16-,17+,18-,19+/m1/s1. The van der Waals surface area contributed by atoms with Gasteiger partial charge in [0.1, 0.15) is 24.9 Å².